The van der Waals surface area contributed by atoms with Gasteiger partial charge in [-0.1, -0.05) is 6.07 Å². The van der Waals surface area contributed by atoms with Crippen molar-refractivity contribution in [2.45, 2.75) is 13.1 Å². The summed E-state index contributed by atoms with van der Waals surface area (Å²) >= 11 is 0. The zero-order valence-electron chi connectivity index (χ0n) is 8.99. The van der Waals surface area contributed by atoms with Gasteiger partial charge in [-0.25, -0.2) is 9.78 Å². The zero-order valence-corrected chi connectivity index (χ0v) is 8.99. The van der Waals surface area contributed by atoms with Gasteiger partial charge in [0.05, 0.1) is 12.3 Å². The second kappa shape index (κ2) is 5.47. The van der Waals surface area contributed by atoms with Crippen LogP contribution in [-0.2, 0) is 15.7 Å². The second-order valence-corrected chi connectivity index (χ2v) is 3.03. The molecule has 0 fully saturated rings. The van der Waals surface area contributed by atoms with E-state index in [9.17, 15) is 18.0 Å². The molecular weight excluding hydrogens is 235 g/mol. The van der Waals surface area contributed by atoms with Crippen LogP contribution in [0.3, 0.4) is 0 Å². The molecule has 0 saturated carbocycles. The molecule has 0 radical (unpaired) electrons. The molecule has 0 aromatic carbocycles. The highest BCUT2D eigenvalue weighted by Gasteiger charge is 2.32. The molecule has 3 nitrogen and oxygen atoms in total. The molecule has 0 spiro atoms. The van der Waals surface area contributed by atoms with Crippen LogP contribution in [0.25, 0.3) is 6.08 Å². The molecule has 0 unspecified atom stereocenters. The van der Waals surface area contributed by atoms with Gasteiger partial charge in [-0.3, -0.25) is 0 Å². The zero-order chi connectivity index (χ0) is 12.9. The maximum Gasteiger partial charge on any atom is 0.433 e. The monoisotopic (exact) mass is 245 g/mol. The Bertz CT molecular complexity index is 427. The van der Waals surface area contributed by atoms with Crippen molar-refractivity contribution in [3.8, 4) is 0 Å². The molecule has 0 atom stereocenters. The quantitative estimate of drug-likeness (QED) is 0.607. The number of carbonyl (C=O) groups is 1. The lowest BCUT2D eigenvalue weighted by molar-refractivity contribution is -0.141. The van der Waals surface area contributed by atoms with Gasteiger partial charge in [-0.05, 0) is 25.1 Å². The van der Waals surface area contributed by atoms with Crippen molar-refractivity contribution < 1.29 is 22.7 Å². The third kappa shape index (κ3) is 4.26. The van der Waals surface area contributed by atoms with Crippen molar-refractivity contribution in [1.29, 1.82) is 0 Å². The summed E-state index contributed by atoms with van der Waals surface area (Å²) in [6.45, 7) is 1.84. The number of halogens is 3. The number of hydrogen-bond donors (Lipinski definition) is 0. The topological polar surface area (TPSA) is 39.2 Å². The second-order valence-electron chi connectivity index (χ2n) is 3.03. The number of aromatic nitrogens is 1. The Morgan fingerprint density at radius 3 is 2.76 bits per heavy atom. The summed E-state index contributed by atoms with van der Waals surface area (Å²) in [6.07, 6.45) is -2.28. The van der Waals surface area contributed by atoms with E-state index in [1.54, 1.807) is 6.92 Å². The van der Waals surface area contributed by atoms with E-state index in [-0.39, 0.29) is 12.3 Å². The number of carbonyl (C=O) groups excluding carboxylic acids is 1. The van der Waals surface area contributed by atoms with E-state index >= 15 is 0 Å². The smallest absolute Gasteiger partial charge is 0.433 e. The molecule has 1 heterocycles. The van der Waals surface area contributed by atoms with Crippen LogP contribution in [0, 0.1) is 0 Å². The van der Waals surface area contributed by atoms with Gasteiger partial charge in [0.2, 0.25) is 0 Å². The van der Waals surface area contributed by atoms with Gasteiger partial charge < -0.3 is 4.74 Å². The Kier molecular flexibility index (Phi) is 4.25. The molecule has 0 saturated heterocycles. The highest BCUT2D eigenvalue weighted by Crippen LogP contribution is 2.27. The van der Waals surface area contributed by atoms with E-state index in [4.69, 9.17) is 0 Å². The summed E-state index contributed by atoms with van der Waals surface area (Å²) < 4.78 is 41.5. The van der Waals surface area contributed by atoms with E-state index in [1.807, 2.05) is 0 Å². The van der Waals surface area contributed by atoms with Crippen molar-refractivity contribution in [1.82, 2.24) is 4.98 Å². The standard InChI is InChI=1S/C11H10F3NO2/c1-2-17-10(16)7-6-8-4-3-5-9(15-8)11(12,13)14/h3-7H,2H2,1H3. The van der Waals surface area contributed by atoms with Crippen LogP contribution in [0.15, 0.2) is 24.3 Å². The number of ether oxygens (including phenoxy) is 1. The SMILES string of the molecule is CCOC(=O)C=Cc1cccc(C(F)(F)F)n1. The summed E-state index contributed by atoms with van der Waals surface area (Å²) in [6, 6.07) is 3.45. The molecule has 92 valence electrons. The average Bonchev–Trinajstić information content (AvgIpc) is 2.26. The van der Waals surface area contributed by atoms with Gasteiger partial charge in [-0.2, -0.15) is 13.2 Å². The number of nitrogens with zero attached hydrogens (tertiary/aromatic N) is 1. The van der Waals surface area contributed by atoms with Gasteiger partial charge in [0.15, 0.2) is 0 Å². The van der Waals surface area contributed by atoms with Gasteiger partial charge in [0.1, 0.15) is 5.69 Å². The van der Waals surface area contributed by atoms with E-state index in [2.05, 4.69) is 9.72 Å². The molecule has 0 aliphatic carbocycles. The van der Waals surface area contributed by atoms with Crippen LogP contribution < -0.4 is 0 Å². The first-order chi connectivity index (χ1) is 7.93. The summed E-state index contributed by atoms with van der Waals surface area (Å²) in [7, 11) is 0. The number of rotatable bonds is 3. The fourth-order valence-corrected chi connectivity index (χ4v) is 1.05. The summed E-state index contributed by atoms with van der Waals surface area (Å²) in [5.74, 6) is -0.619. The lowest BCUT2D eigenvalue weighted by atomic mass is 10.3. The van der Waals surface area contributed by atoms with Gasteiger partial charge in [0.25, 0.3) is 0 Å². The molecule has 0 bridgehead atoms. The molecule has 0 aliphatic heterocycles. The van der Waals surface area contributed by atoms with Crippen LogP contribution >= 0.6 is 0 Å². The molecule has 0 aliphatic rings. The Morgan fingerprint density at radius 1 is 1.47 bits per heavy atom. The molecule has 6 heteroatoms. The van der Waals surface area contributed by atoms with Crippen molar-refractivity contribution in [3.63, 3.8) is 0 Å². The molecule has 1 rings (SSSR count). The van der Waals surface area contributed by atoms with Crippen molar-refractivity contribution in [2.24, 2.45) is 0 Å². The van der Waals surface area contributed by atoms with Crippen LogP contribution in [0.4, 0.5) is 13.2 Å². The van der Waals surface area contributed by atoms with Crippen LogP contribution in [-0.4, -0.2) is 17.6 Å². The molecule has 17 heavy (non-hydrogen) atoms. The predicted molar refractivity (Wildman–Crippen MR) is 54.9 cm³/mol. The minimum absolute atomic E-state index is 0.0490. The average molecular weight is 245 g/mol. The van der Waals surface area contributed by atoms with E-state index in [0.717, 1.165) is 12.1 Å². The van der Waals surface area contributed by atoms with Gasteiger partial charge in [0, 0.05) is 6.08 Å². The maximum atomic E-state index is 12.3. The maximum absolute atomic E-state index is 12.3. The van der Waals surface area contributed by atoms with Gasteiger partial charge >= 0.3 is 12.1 Å². The first-order valence-electron chi connectivity index (χ1n) is 4.82. The highest BCUT2D eigenvalue weighted by atomic mass is 19.4. The number of hydrogen-bond acceptors (Lipinski definition) is 3. The Morgan fingerprint density at radius 2 is 2.18 bits per heavy atom. The van der Waals surface area contributed by atoms with E-state index in [0.29, 0.717) is 0 Å². The largest absolute Gasteiger partial charge is 0.463 e. The summed E-state index contributed by atoms with van der Waals surface area (Å²) in [4.78, 5) is 14.3. The Labute approximate surface area is 95.9 Å². The number of esters is 1. The highest BCUT2D eigenvalue weighted by molar-refractivity contribution is 5.86. The van der Waals surface area contributed by atoms with Crippen molar-refractivity contribution in [2.75, 3.05) is 6.61 Å². The van der Waals surface area contributed by atoms with Crippen LogP contribution in [0.2, 0.25) is 0 Å². The van der Waals surface area contributed by atoms with Crippen LogP contribution in [0.1, 0.15) is 18.3 Å². The van der Waals surface area contributed by atoms with Crippen molar-refractivity contribution in [3.05, 3.63) is 35.7 Å². The fourth-order valence-electron chi connectivity index (χ4n) is 1.05. The summed E-state index contributed by atoms with van der Waals surface area (Å²) in [5.41, 5.74) is -0.948. The molecular formula is C11H10F3NO2. The van der Waals surface area contributed by atoms with Crippen molar-refractivity contribution >= 4 is 12.0 Å². The first kappa shape index (κ1) is 13.2. The molecule has 1 aromatic rings. The number of alkyl halides is 3. The summed E-state index contributed by atoms with van der Waals surface area (Å²) in [5, 5.41) is 0. The Hall–Kier alpha value is -1.85. The molecule has 0 amide bonds. The lowest BCUT2D eigenvalue weighted by Crippen LogP contribution is -2.08. The predicted octanol–water partition coefficient (Wildman–Crippen LogP) is 2.68. The van der Waals surface area contributed by atoms with E-state index in [1.165, 1.54) is 18.2 Å². The number of pyridine rings is 1. The normalized spacial score (nSPS) is 11.8. The minimum Gasteiger partial charge on any atom is -0.463 e. The molecule has 1 aromatic heterocycles. The van der Waals surface area contributed by atoms with Gasteiger partial charge in [-0.15, -0.1) is 0 Å². The first-order valence-corrected chi connectivity index (χ1v) is 4.82. The third-order valence-electron chi connectivity index (χ3n) is 1.74. The fraction of sp³-hybridized carbons (Fsp3) is 0.273. The Balaban J connectivity index is 2.83. The van der Waals surface area contributed by atoms with Crippen LogP contribution in [0.5, 0.6) is 0 Å². The third-order valence-corrected chi connectivity index (χ3v) is 1.74. The molecule has 0 N–H and O–H groups in total. The lowest BCUT2D eigenvalue weighted by Gasteiger charge is -2.05. The van der Waals surface area contributed by atoms with E-state index < -0.39 is 17.8 Å². The minimum atomic E-state index is -4.49.